The van der Waals surface area contributed by atoms with Crippen LogP contribution in [0.1, 0.15) is 23.8 Å². The maximum atomic E-state index is 14.0. The van der Waals surface area contributed by atoms with Gasteiger partial charge in [-0.05, 0) is 35.6 Å². The molecule has 1 heterocycles. The summed E-state index contributed by atoms with van der Waals surface area (Å²) in [5.41, 5.74) is 0.849. The Bertz CT molecular complexity index is 1030. The Morgan fingerprint density at radius 1 is 0.969 bits per heavy atom. The monoisotopic (exact) mass is 457 g/mol. The van der Waals surface area contributed by atoms with Crippen LogP contribution in [0.5, 0.6) is 0 Å². The first-order valence-electron chi connectivity index (χ1n) is 10.3. The second-order valence-electron chi connectivity index (χ2n) is 7.29. The predicted octanol–water partition coefficient (Wildman–Crippen LogP) is 5.50. The molecule has 5 nitrogen and oxygen atoms in total. The van der Waals surface area contributed by atoms with Gasteiger partial charge in [0.25, 0.3) is 0 Å². The number of benzene rings is 2. The number of carbonyl (C=O) groups excluding carboxylic acids is 2. The fourth-order valence-electron chi connectivity index (χ4n) is 3.20. The van der Waals surface area contributed by atoms with Crippen molar-refractivity contribution in [2.45, 2.75) is 26.4 Å². The summed E-state index contributed by atoms with van der Waals surface area (Å²) < 4.78 is 27.1. The number of carbonyl (C=O) groups is 2. The third-order valence-electron chi connectivity index (χ3n) is 4.78. The van der Waals surface area contributed by atoms with Crippen molar-refractivity contribution in [2.24, 2.45) is 0 Å². The molecule has 0 atom stereocenters. The highest BCUT2D eigenvalue weighted by Crippen LogP contribution is 2.17. The van der Waals surface area contributed by atoms with Crippen molar-refractivity contribution >= 4 is 29.0 Å². The summed E-state index contributed by atoms with van der Waals surface area (Å²) in [6, 6.07) is 15.8. The Hall–Kier alpha value is -3.26. The van der Waals surface area contributed by atoms with Gasteiger partial charge >= 0.3 is 6.03 Å². The molecule has 3 amide bonds. The number of anilines is 1. The highest BCUT2D eigenvalue weighted by molar-refractivity contribution is 7.09. The van der Waals surface area contributed by atoms with Gasteiger partial charge in [0.1, 0.15) is 18.2 Å². The minimum atomic E-state index is -0.871. The summed E-state index contributed by atoms with van der Waals surface area (Å²) >= 11 is 1.56. The summed E-state index contributed by atoms with van der Waals surface area (Å²) in [5, 5.41) is 4.39. The largest absolute Gasteiger partial charge is 0.332 e. The SMILES string of the molecule is CCCN(CC(=O)N(Cc1ccccc1)Cc1cccs1)C(=O)Nc1ccc(F)cc1F. The second-order valence-corrected chi connectivity index (χ2v) is 8.32. The van der Waals surface area contributed by atoms with Crippen molar-refractivity contribution in [1.82, 2.24) is 9.80 Å². The first-order valence-corrected chi connectivity index (χ1v) is 11.2. The molecule has 1 N–H and O–H groups in total. The van der Waals surface area contributed by atoms with Crippen LogP contribution >= 0.6 is 11.3 Å². The summed E-state index contributed by atoms with van der Waals surface area (Å²) in [7, 11) is 0. The summed E-state index contributed by atoms with van der Waals surface area (Å²) in [6.07, 6.45) is 0.621. The van der Waals surface area contributed by atoms with E-state index in [-0.39, 0.29) is 18.1 Å². The first kappa shape index (κ1) is 23.4. The van der Waals surface area contributed by atoms with Gasteiger partial charge in [-0.3, -0.25) is 4.79 Å². The van der Waals surface area contributed by atoms with E-state index in [4.69, 9.17) is 0 Å². The lowest BCUT2D eigenvalue weighted by molar-refractivity contribution is -0.133. The zero-order valence-electron chi connectivity index (χ0n) is 17.8. The number of nitrogens with zero attached hydrogens (tertiary/aromatic N) is 2. The van der Waals surface area contributed by atoms with Gasteiger partial charge in [0.2, 0.25) is 5.91 Å². The lowest BCUT2D eigenvalue weighted by Gasteiger charge is -2.27. The molecule has 1 aromatic heterocycles. The molecule has 0 bridgehead atoms. The van der Waals surface area contributed by atoms with E-state index in [1.807, 2.05) is 54.8 Å². The second kappa shape index (κ2) is 11.4. The van der Waals surface area contributed by atoms with E-state index < -0.39 is 17.7 Å². The zero-order valence-corrected chi connectivity index (χ0v) is 18.6. The molecule has 8 heteroatoms. The topological polar surface area (TPSA) is 52.7 Å². The van der Waals surface area contributed by atoms with Gasteiger partial charge in [-0.25, -0.2) is 13.6 Å². The van der Waals surface area contributed by atoms with E-state index >= 15 is 0 Å². The molecule has 32 heavy (non-hydrogen) atoms. The standard InChI is InChI=1S/C24H25F2N3O2S/c1-2-12-28(24(31)27-22-11-10-19(25)14-21(22)26)17-23(30)29(16-20-9-6-13-32-20)15-18-7-4-3-5-8-18/h3-11,13-14H,2,12,15-17H2,1H3,(H,27,31). The number of hydrogen-bond donors (Lipinski definition) is 1. The van der Waals surface area contributed by atoms with Crippen molar-refractivity contribution in [1.29, 1.82) is 0 Å². The van der Waals surface area contributed by atoms with Crippen molar-refractivity contribution in [3.05, 3.63) is 88.1 Å². The van der Waals surface area contributed by atoms with Crippen molar-refractivity contribution in [3.8, 4) is 0 Å². The summed E-state index contributed by atoms with van der Waals surface area (Å²) in [6.45, 7) is 2.89. The highest BCUT2D eigenvalue weighted by Gasteiger charge is 2.22. The number of thiophene rings is 1. The first-order chi connectivity index (χ1) is 15.5. The van der Waals surface area contributed by atoms with E-state index in [2.05, 4.69) is 5.32 Å². The lowest BCUT2D eigenvalue weighted by Crippen LogP contribution is -2.44. The van der Waals surface area contributed by atoms with Gasteiger partial charge in [-0.15, -0.1) is 11.3 Å². The highest BCUT2D eigenvalue weighted by atomic mass is 32.1. The van der Waals surface area contributed by atoms with Crippen LogP contribution in [0.2, 0.25) is 0 Å². The van der Waals surface area contributed by atoms with E-state index in [1.165, 1.54) is 4.90 Å². The maximum Gasteiger partial charge on any atom is 0.322 e. The fraction of sp³-hybridized carbons (Fsp3) is 0.250. The van der Waals surface area contributed by atoms with Crippen LogP contribution in [0.25, 0.3) is 0 Å². The van der Waals surface area contributed by atoms with Crippen LogP contribution < -0.4 is 5.32 Å². The van der Waals surface area contributed by atoms with Crippen LogP contribution in [-0.4, -0.2) is 34.8 Å². The average molecular weight is 458 g/mol. The van der Waals surface area contributed by atoms with E-state index in [0.29, 0.717) is 32.1 Å². The third kappa shape index (κ3) is 6.62. The Kier molecular flexibility index (Phi) is 8.33. The van der Waals surface area contributed by atoms with E-state index in [9.17, 15) is 18.4 Å². The number of urea groups is 1. The molecule has 0 radical (unpaired) electrons. The molecule has 3 aromatic rings. The molecule has 168 valence electrons. The van der Waals surface area contributed by atoms with Crippen molar-refractivity contribution in [2.75, 3.05) is 18.4 Å². The minimum absolute atomic E-state index is 0.135. The number of halogens is 2. The number of nitrogens with one attached hydrogen (secondary N) is 1. The van der Waals surface area contributed by atoms with Gasteiger partial charge in [0.15, 0.2) is 0 Å². The zero-order chi connectivity index (χ0) is 22.9. The molecule has 0 aliphatic heterocycles. The number of rotatable bonds is 9. The average Bonchev–Trinajstić information content (AvgIpc) is 3.29. The predicted molar refractivity (Wildman–Crippen MR) is 122 cm³/mol. The molecule has 2 aromatic carbocycles. The van der Waals surface area contributed by atoms with Crippen LogP contribution in [0.3, 0.4) is 0 Å². The molecule has 0 spiro atoms. The quantitative estimate of drug-likeness (QED) is 0.461. The smallest absolute Gasteiger partial charge is 0.322 e. The fourth-order valence-corrected chi connectivity index (χ4v) is 3.92. The Morgan fingerprint density at radius 2 is 1.75 bits per heavy atom. The summed E-state index contributed by atoms with van der Waals surface area (Å²) in [4.78, 5) is 30.1. The molecule has 0 unspecified atom stereocenters. The van der Waals surface area contributed by atoms with Crippen LogP contribution in [0, 0.1) is 11.6 Å². The molecule has 0 saturated heterocycles. The van der Waals surface area contributed by atoms with Gasteiger partial charge in [-0.1, -0.05) is 43.3 Å². The maximum absolute atomic E-state index is 14.0. The molecule has 0 aliphatic rings. The molecular formula is C24H25F2N3O2S. The minimum Gasteiger partial charge on any atom is -0.332 e. The van der Waals surface area contributed by atoms with Crippen molar-refractivity contribution < 1.29 is 18.4 Å². The van der Waals surface area contributed by atoms with Crippen LogP contribution in [0.4, 0.5) is 19.3 Å². The van der Waals surface area contributed by atoms with Gasteiger partial charge in [0, 0.05) is 24.0 Å². The molecule has 0 saturated carbocycles. The third-order valence-corrected chi connectivity index (χ3v) is 5.64. The molecular weight excluding hydrogens is 432 g/mol. The van der Waals surface area contributed by atoms with Gasteiger partial charge < -0.3 is 15.1 Å². The van der Waals surface area contributed by atoms with Crippen LogP contribution in [-0.2, 0) is 17.9 Å². The Morgan fingerprint density at radius 3 is 2.41 bits per heavy atom. The van der Waals surface area contributed by atoms with E-state index in [0.717, 1.165) is 22.6 Å². The normalized spacial score (nSPS) is 10.6. The Balaban J connectivity index is 1.73. The Labute approximate surface area is 190 Å². The molecule has 0 fully saturated rings. The summed E-state index contributed by atoms with van der Waals surface area (Å²) in [5.74, 6) is -1.82. The van der Waals surface area contributed by atoms with Gasteiger partial charge in [0.05, 0.1) is 12.2 Å². The van der Waals surface area contributed by atoms with Gasteiger partial charge in [-0.2, -0.15) is 0 Å². The molecule has 0 aliphatic carbocycles. The molecule has 3 rings (SSSR count). The van der Waals surface area contributed by atoms with Crippen LogP contribution in [0.15, 0.2) is 66.0 Å². The van der Waals surface area contributed by atoms with Crippen molar-refractivity contribution in [3.63, 3.8) is 0 Å². The number of hydrogen-bond acceptors (Lipinski definition) is 3. The number of amides is 3. The lowest BCUT2D eigenvalue weighted by atomic mass is 10.2. The van der Waals surface area contributed by atoms with E-state index in [1.54, 1.807) is 16.2 Å².